The predicted molar refractivity (Wildman–Crippen MR) is 114 cm³/mol. The van der Waals surface area contributed by atoms with Crippen molar-refractivity contribution in [3.63, 3.8) is 0 Å². The van der Waals surface area contributed by atoms with Gasteiger partial charge in [0.2, 0.25) is 0 Å². The molecule has 1 unspecified atom stereocenters. The van der Waals surface area contributed by atoms with Gasteiger partial charge in [-0.2, -0.15) is 13.2 Å². The Morgan fingerprint density at radius 3 is 2.52 bits per heavy atom. The van der Waals surface area contributed by atoms with Crippen molar-refractivity contribution >= 4 is 29.9 Å². The molecule has 8 heteroatoms. The molecule has 0 radical (unpaired) electrons. The Labute approximate surface area is 177 Å². The third-order valence-electron chi connectivity index (χ3n) is 4.80. The van der Waals surface area contributed by atoms with Crippen LogP contribution in [0.25, 0.3) is 0 Å². The lowest BCUT2D eigenvalue weighted by Gasteiger charge is -2.33. The van der Waals surface area contributed by atoms with E-state index in [9.17, 15) is 13.2 Å². The molecular weight excluding hydrogens is 468 g/mol. The van der Waals surface area contributed by atoms with Crippen LogP contribution < -0.4 is 10.6 Å². The third kappa shape index (κ3) is 8.68. The molecule has 4 nitrogen and oxygen atoms in total. The number of guanidine groups is 1. The minimum atomic E-state index is -4.16. The van der Waals surface area contributed by atoms with Crippen LogP contribution in [-0.2, 0) is 13.1 Å². The van der Waals surface area contributed by atoms with Crippen molar-refractivity contribution in [1.29, 1.82) is 0 Å². The van der Waals surface area contributed by atoms with Crippen LogP contribution >= 0.6 is 24.0 Å². The summed E-state index contributed by atoms with van der Waals surface area (Å²) in [6.45, 7) is 4.63. The summed E-state index contributed by atoms with van der Waals surface area (Å²) in [7, 11) is 1.56. The second kappa shape index (κ2) is 11.7. The molecule has 1 heterocycles. The maximum Gasteiger partial charge on any atom is 0.390 e. The number of halogens is 4. The van der Waals surface area contributed by atoms with Gasteiger partial charge in [-0.3, -0.25) is 9.89 Å². The zero-order valence-corrected chi connectivity index (χ0v) is 18.3. The fraction of sp³-hybridized carbons (Fsp3) is 0.632. The largest absolute Gasteiger partial charge is 0.390 e. The maximum absolute atomic E-state index is 12.3. The van der Waals surface area contributed by atoms with Crippen molar-refractivity contribution in [3.05, 3.63) is 35.4 Å². The topological polar surface area (TPSA) is 39.7 Å². The first kappa shape index (κ1) is 24.0. The molecular formula is C19H30F3IN4. The highest BCUT2D eigenvalue weighted by Crippen LogP contribution is 2.21. The molecule has 0 spiro atoms. The lowest BCUT2D eigenvalue weighted by Crippen LogP contribution is -2.39. The zero-order chi connectivity index (χ0) is 19.0. The molecule has 0 aromatic heterocycles. The lowest BCUT2D eigenvalue weighted by atomic mass is 10.0. The van der Waals surface area contributed by atoms with Crippen LogP contribution in [0.3, 0.4) is 0 Å². The average molecular weight is 498 g/mol. The highest BCUT2D eigenvalue weighted by Gasteiger charge is 2.26. The van der Waals surface area contributed by atoms with Crippen molar-refractivity contribution in [2.75, 3.05) is 20.1 Å². The van der Waals surface area contributed by atoms with Gasteiger partial charge in [0.05, 0.1) is 6.42 Å². The van der Waals surface area contributed by atoms with Crippen LogP contribution in [0.15, 0.2) is 29.3 Å². The highest BCUT2D eigenvalue weighted by atomic mass is 127. The Bertz CT molecular complexity index is 593. The normalized spacial score (nSPS) is 18.7. The van der Waals surface area contributed by atoms with Crippen molar-refractivity contribution in [1.82, 2.24) is 15.5 Å². The van der Waals surface area contributed by atoms with E-state index in [0.29, 0.717) is 18.5 Å². The number of benzene rings is 1. The van der Waals surface area contributed by atoms with E-state index in [0.717, 1.165) is 18.7 Å². The average Bonchev–Trinajstić information content (AvgIpc) is 2.60. The van der Waals surface area contributed by atoms with Crippen molar-refractivity contribution in [3.8, 4) is 0 Å². The Morgan fingerprint density at radius 1 is 1.19 bits per heavy atom. The lowest BCUT2D eigenvalue weighted by molar-refractivity contribution is -0.132. The van der Waals surface area contributed by atoms with E-state index in [1.165, 1.54) is 24.8 Å². The van der Waals surface area contributed by atoms with Gasteiger partial charge in [-0.1, -0.05) is 30.7 Å². The van der Waals surface area contributed by atoms with Crippen LogP contribution in [0.2, 0.25) is 0 Å². The van der Waals surface area contributed by atoms with Crippen molar-refractivity contribution < 1.29 is 13.2 Å². The van der Waals surface area contributed by atoms with Gasteiger partial charge in [0, 0.05) is 32.7 Å². The van der Waals surface area contributed by atoms with E-state index in [2.05, 4.69) is 39.6 Å². The maximum atomic E-state index is 12.3. The van der Waals surface area contributed by atoms with Crippen LogP contribution in [0.5, 0.6) is 0 Å². The number of alkyl halides is 3. The number of nitrogens with one attached hydrogen (secondary N) is 2. The number of aliphatic imine (C=N–C) groups is 1. The number of rotatable bonds is 6. The molecule has 1 fully saturated rings. The summed E-state index contributed by atoms with van der Waals surface area (Å²) in [4.78, 5) is 6.50. The molecule has 2 rings (SSSR count). The molecule has 27 heavy (non-hydrogen) atoms. The van der Waals surface area contributed by atoms with E-state index >= 15 is 0 Å². The van der Waals surface area contributed by atoms with Gasteiger partial charge in [0.15, 0.2) is 5.96 Å². The fourth-order valence-corrected chi connectivity index (χ4v) is 3.22. The van der Waals surface area contributed by atoms with Crippen molar-refractivity contribution in [2.45, 2.75) is 57.9 Å². The molecule has 1 aliphatic rings. The molecule has 0 saturated carbocycles. The van der Waals surface area contributed by atoms with Gasteiger partial charge in [-0.25, -0.2) is 0 Å². The molecule has 0 amide bonds. The van der Waals surface area contributed by atoms with Crippen LogP contribution in [0, 0.1) is 0 Å². The second-order valence-corrected chi connectivity index (χ2v) is 6.80. The summed E-state index contributed by atoms with van der Waals surface area (Å²) in [5.41, 5.74) is 2.39. The number of hydrogen-bond donors (Lipinski definition) is 2. The van der Waals surface area contributed by atoms with Gasteiger partial charge < -0.3 is 10.6 Å². The molecule has 1 aromatic rings. The summed E-state index contributed by atoms with van der Waals surface area (Å²) in [6, 6.07) is 8.78. The van der Waals surface area contributed by atoms with E-state index in [1.54, 1.807) is 7.05 Å². The summed E-state index contributed by atoms with van der Waals surface area (Å²) >= 11 is 0. The Morgan fingerprint density at radius 2 is 1.89 bits per heavy atom. The Hall–Kier alpha value is -1.03. The first-order valence-corrected chi connectivity index (χ1v) is 9.21. The number of likely N-dealkylation sites (tertiary alicyclic amines) is 1. The first-order valence-electron chi connectivity index (χ1n) is 9.21. The smallest absolute Gasteiger partial charge is 0.356 e. The van der Waals surface area contributed by atoms with Crippen LogP contribution in [0.1, 0.15) is 43.7 Å². The van der Waals surface area contributed by atoms with E-state index in [-0.39, 0.29) is 30.5 Å². The van der Waals surface area contributed by atoms with Gasteiger partial charge in [0.1, 0.15) is 0 Å². The summed E-state index contributed by atoms with van der Waals surface area (Å²) < 4.78 is 36.8. The van der Waals surface area contributed by atoms with Crippen LogP contribution in [-0.4, -0.2) is 43.2 Å². The van der Waals surface area contributed by atoms with Gasteiger partial charge in [0.25, 0.3) is 0 Å². The zero-order valence-electron chi connectivity index (χ0n) is 16.0. The summed E-state index contributed by atoms with van der Waals surface area (Å²) in [5.74, 6) is 0.385. The minimum absolute atomic E-state index is 0. The molecule has 1 aromatic carbocycles. The molecule has 2 N–H and O–H groups in total. The molecule has 154 valence electrons. The number of nitrogens with zero attached hydrogens (tertiary/aromatic N) is 2. The predicted octanol–water partition coefficient (Wildman–Crippen LogP) is 4.30. The Balaban J connectivity index is 0.00000364. The SMILES string of the molecule is CN=C(NCCC(F)(F)F)NCc1ccccc1CN1CCCCC1C.I. The van der Waals surface area contributed by atoms with Crippen molar-refractivity contribution in [2.24, 2.45) is 4.99 Å². The third-order valence-corrected chi connectivity index (χ3v) is 4.80. The van der Waals surface area contributed by atoms with E-state index in [1.807, 2.05) is 12.1 Å². The van der Waals surface area contributed by atoms with E-state index < -0.39 is 12.6 Å². The van der Waals surface area contributed by atoms with Gasteiger partial charge in [-0.05, 0) is 37.4 Å². The summed E-state index contributed by atoms with van der Waals surface area (Å²) in [6.07, 6.45) is -1.28. The Kier molecular flexibility index (Phi) is 10.4. The van der Waals surface area contributed by atoms with Crippen LogP contribution in [0.4, 0.5) is 13.2 Å². The first-order chi connectivity index (χ1) is 12.4. The molecule has 1 aliphatic heterocycles. The van der Waals surface area contributed by atoms with E-state index in [4.69, 9.17) is 0 Å². The fourth-order valence-electron chi connectivity index (χ4n) is 3.22. The number of hydrogen-bond acceptors (Lipinski definition) is 2. The molecule has 0 bridgehead atoms. The molecule has 1 atom stereocenters. The number of piperidine rings is 1. The minimum Gasteiger partial charge on any atom is -0.356 e. The highest BCUT2D eigenvalue weighted by molar-refractivity contribution is 14.0. The van der Waals surface area contributed by atoms with Gasteiger partial charge >= 0.3 is 6.18 Å². The second-order valence-electron chi connectivity index (χ2n) is 6.80. The quantitative estimate of drug-likeness (QED) is 0.349. The summed E-state index contributed by atoms with van der Waals surface area (Å²) in [5, 5.41) is 5.83. The standard InChI is InChI=1S/C19H29F3N4.HI/c1-15-7-5-6-12-26(15)14-17-9-4-3-8-16(17)13-25-18(23-2)24-11-10-19(20,21)22;/h3-4,8-9,15H,5-7,10-14H2,1-2H3,(H2,23,24,25);1H. The monoisotopic (exact) mass is 498 g/mol. The molecule has 1 saturated heterocycles. The van der Waals surface area contributed by atoms with Gasteiger partial charge in [-0.15, -0.1) is 24.0 Å². The molecule has 0 aliphatic carbocycles.